The highest BCUT2D eigenvalue weighted by Crippen LogP contribution is 2.27. The molecule has 2 rings (SSSR count). The van der Waals surface area contributed by atoms with Gasteiger partial charge in [-0.25, -0.2) is 4.68 Å². The zero-order valence-electron chi connectivity index (χ0n) is 10.9. The minimum atomic E-state index is 0.0435. The molecule has 1 aliphatic carbocycles. The highest BCUT2D eigenvalue weighted by molar-refractivity contribution is 6.00. The van der Waals surface area contributed by atoms with Gasteiger partial charge in [0.1, 0.15) is 5.56 Å². The molecule has 1 aromatic rings. The normalized spacial score (nSPS) is 17.3. The number of nitrogens with two attached hydrogens (primary N) is 1. The maximum atomic E-state index is 8.80. The summed E-state index contributed by atoms with van der Waals surface area (Å²) in [4.78, 5) is 0. The molecule has 6 nitrogen and oxygen atoms in total. The van der Waals surface area contributed by atoms with Crippen molar-refractivity contribution in [1.82, 2.24) is 9.78 Å². The van der Waals surface area contributed by atoms with Crippen LogP contribution in [-0.4, -0.2) is 27.4 Å². The molecule has 1 saturated carbocycles. The van der Waals surface area contributed by atoms with Crippen molar-refractivity contribution in [2.75, 3.05) is 6.61 Å². The summed E-state index contributed by atoms with van der Waals surface area (Å²) in [5.74, 6) is 1.23. The van der Waals surface area contributed by atoms with Crippen LogP contribution < -0.4 is 10.5 Å². The van der Waals surface area contributed by atoms with Crippen molar-refractivity contribution in [3.8, 4) is 5.88 Å². The zero-order valence-corrected chi connectivity index (χ0v) is 10.9. The first-order valence-corrected chi connectivity index (χ1v) is 6.27. The summed E-state index contributed by atoms with van der Waals surface area (Å²) in [6.07, 6.45) is 5.00. The SMILES string of the molecule is Cc1nn(C)c(OCC2CCCC2)c1C(N)=NO. The van der Waals surface area contributed by atoms with E-state index in [1.807, 2.05) is 6.92 Å². The number of hydrogen-bond acceptors (Lipinski definition) is 4. The number of nitrogens with zero attached hydrogens (tertiary/aromatic N) is 3. The van der Waals surface area contributed by atoms with E-state index in [9.17, 15) is 0 Å². The largest absolute Gasteiger partial charge is 0.477 e. The Balaban J connectivity index is 2.15. The van der Waals surface area contributed by atoms with Crippen molar-refractivity contribution >= 4 is 5.84 Å². The van der Waals surface area contributed by atoms with Crippen molar-refractivity contribution in [2.24, 2.45) is 23.9 Å². The van der Waals surface area contributed by atoms with Crippen molar-refractivity contribution < 1.29 is 9.94 Å². The van der Waals surface area contributed by atoms with E-state index in [2.05, 4.69) is 10.3 Å². The maximum absolute atomic E-state index is 8.80. The lowest BCUT2D eigenvalue weighted by molar-refractivity contribution is 0.233. The number of hydrogen-bond donors (Lipinski definition) is 2. The van der Waals surface area contributed by atoms with Crippen LogP contribution in [0.2, 0.25) is 0 Å². The molecule has 0 atom stereocenters. The Labute approximate surface area is 106 Å². The van der Waals surface area contributed by atoms with Gasteiger partial charge < -0.3 is 15.7 Å². The first-order valence-electron chi connectivity index (χ1n) is 6.27. The third-order valence-corrected chi connectivity index (χ3v) is 3.46. The Hall–Kier alpha value is -1.72. The molecule has 0 unspecified atom stereocenters. The van der Waals surface area contributed by atoms with Crippen molar-refractivity contribution in [1.29, 1.82) is 0 Å². The quantitative estimate of drug-likeness (QED) is 0.367. The summed E-state index contributed by atoms with van der Waals surface area (Å²) in [6.45, 7) is 2.49. The summed E-state index contributed by atoms with van der Waals surface area (Å²) in [5, 5.41) is 16.1. The number of aryl methyl sites for hydroxylation is 2. The lowest BCUT2D eigenvalue weighted by atomic mass is 10.1. The third kappa shape index (κ3) is 2.42. The van der Waals surface area contributed by atoms with Gasteiger partial charge in [-0.15, -0.1) is 0 Å². The van der Waals surface area contributed by atoms with Gasteiger partial charge in [0, 0.05) is 7.05 Å². The smallest absolute Gasteiger partial charge is 0.223 e. The molecule has 0 aromatic carbocycles. The van der Waals surface area contributed by atoms with Gasteiger partial charge in [0.2, 0.25) is 5.88 Å². The van der Waals surface area contributed by atoms with Crippen LogP contribution in [0.5, 0.6) is 5.88 Å². The van der Waals surface area contributed by atoms with Gasteiger partial charge in [0.15, 0.2) is 5.84 Å². The van der Waals surface area contributed by atoms with Crippen molar-refractivity contribution in [3.05, 3.63) is 11.3 Å². The Kier molecular flexibility index (Phi) is 3.74. The molecule has 18 heavy (non-hydrogen) atoms. The highest BCUT2D eigenvalue weighted by Gasteiger charge is 2.21. The molecule has 1 aliphatic rings. The Morgan fingerprint density at radius 1 is 1.56 bits per heavy atom. The van der Waals surface area contributed by atoms with Crippen LogP contribution in [0.4, 0.5) is 0 Å². The van der Waals surface area contributed by atoms with Gasteiger partial charge in [-0.05, 0) is 25.7 Å². The minimum absolute atomic E-state index is 0.0435. The van der Waals surface area contributed by atoms with Gasteiger partial charge >= 0.3 is 0 Å². The van der Waals surface area contributed by atoms with Crippen LogP contribution in [0.25, 0.3) is 0 Å². The second kappa shape index (κ2) is 5.29. The molecule has 0 saturated heterocycles. The summed E-state index contributed by atoms with van der Waals surface area (Å²) in [6, 6.07) is 0. The number of oxime groups is 1. The molecule has 0 amide bonds. The van der Waals surface area contributed by atoms with Gasteiger partial charge in [0.05, 0.1) is 12.3 Å². The molecule has 1 fully saturated rings. The first kappa shape index (κ1) is 12.7. The third-order valence-electron chi connectivity index (χ3n) is 3.46. The number of rotatable bonds is 4. The maximum Gasteiger partial charge on any atom is 0.223 e. The van der Waals surface area contributed by atoms with E-state index in [0.29, 0.717) is 29.7 Å². The van der Waals surface area contributed by atoms with Gasteiger partial charge in [-0.3, -0.25) is 0 Å². The van der Waals surface area contributed by atoms with Crippen LogP contribution in [0.15, 0.2) is 5.16 Å². The molecule has 1 aromatic heterocycles. The highest BCUT2D eigenvalue weighted by atomic mass is 16.5. The fraction of sp³-hybridized carbons (Fsp3) is 0.667. The van der Waals surface area contributed by atoms with E-state index in [0.717, 1.165) is 0 Å². The Morgan fingerprint density at radius 3 is 2.83 bits per heavy atom. The average molecular weight is 252 g/mol. The standard InChI is InChI=1S/C12H20N4O2/c1-8-10(11(13)15-17)12(16(2)14-8)18-7-9-5-3-4-6-9/h9,17H,3-7H2,1-2H3,(H2,13,15). The molecule has 0 aliphatic heterocycles. The topological polar surface area (TPSA) is 85.7 Å². The van der Waals surface area contributed by atoms with Crippen LogP contribution in [0.3, 0.4) is 0 Å². The summed E-state index contributed by atoms with van der Waals surface area (Å²) in [7, 11) is 1.80. The molecule has 0 bridgehead atoms. The zero-order chi connectivity index (χ0) is 13.1. The van der Waals surface area contributed by atoms with Crippen LogP contribution >= 0.6 is 0 Å². The van der Waals surface area contributed by atoms with E-state index >= 15 is 0 Å². The van der Waals surface area contributed by atoms with Crippen LogP contribution in [0, 0.1) is 12.8 Å². The van der Waals surface area contributed by atoms with Crippen LogP contribution in [0.1, 0.15) is 36.9 Å². The number of ether oxygens (including phenoxy) is 1. The monoisotopic (exact) mass is 252 g/mol. The summed E-state index contributed by atoms with van der Waals surface area (Å²) >= 11 is 0. The van der Waals surface area contributed by atoms with E-state index < -0.39 is 0 Å². The van der Waals surface area contributed by atoms with Crippen molar-refractivity contribution in [3.63, 3.8) is 0 Å². The molecular weight excluding hydrogens is 232 g/mol. The van der Waals surface area contributed by atoms with Gasteiger partial charge in [-0.2, -0.15) is 5.10 Å². The summed E-state index contributed by atoms with van der Waals surface area (Å²) in [5.41, 5.74) is 6.94. The molecule has 1 heterocycles. The molecule has 100 valence electrons. The number of aromatic nitrogens is 2. The predicted octanol–water partition coefficient (Wildman–Crippen LogP) is 1.39. The molecular formula is C12H20N4O2. The van der Waals surface area contributed by atoms with Crippen LogP contribution in [-0.2, 0) is 7.05 Å². The van der Waals surface area contributed by atoms with E-state index in [4.69, 9.17) is 15.7 Å². The second-order valence-corrected chi connectivity index (χ2v) is 4.84. The number of amidine groups is 1. The first-order chi connectivity index (χ1) is 8.63. The van der Waals surface area contributed by atoms with E-state index in [-0.39, 0.29) is 5.84 Å². The van der Waals surface area contributed by atoms with Crippen molar-refractivity contribution in [2.45, 2.75) is 32.6 Å². The Morgan fingerprint density at radius 2 is 2.22 bits per heavy atom. The predicted molar refractivity (Wildman–Crippen MR) is 67.9 cm³/mol. The lowest BCUT2D eigenvalue weighted by Gasteiger charge is -2.12. The molecule has 0 spiro atoms. The average Bonchev–Trinajstić information content (AvgIpc) is 2.94. The summed E-state index contributed by atoms with van der Waals surface area (Å²) < 4.78 is 7.46. The molecule has 0 radical (unpaired) electrons. The molecule has 6 heteroatoms. The second-order valence-electron chi connectivity index (χ2n) is 4.84. The lowest BCUT2D eigenvalue weighted by Crippen LogP contribution is -2.17. The fourth-order valence-electron chi connectivity index (χ4n) is 2.52. The van der Waals surface area contributed by atoms with Gasteiger partial charge in [0.25, 0.3) is 0 Å². The molecule has 3 N–H and O–H groups in total. The van der Waals surface area contributed by atoms with E-state index in [1.54, 1.807) is 11.7 Å². The van der Waals surface area contributed by atoms with Gasteiger partial charge in [-0.1, -0.05) is 18.0 Å². The fourth-order valence-corrected chi connectivity index (χ4v) is 2.52. The minimum Gasteiger partial charge on any atom is -0.477 e. The van der Waals surface area contributed by atoms with E-state index in [1.165, 1.54) is 25.7 Å². The Bertz CT molecular complexity index is 447.